The first-order valence-electron chi connectivity index (χ1n) is 4.91. The fourth-order valence-electron chi connectivity index (χ4n) is 1.05. The van der Waals surface area contributed by atoms with Crippen molar-refractivity contribution in [2.45, 2.75) is 0 Å². The number of carbonyl (C=O) groups excluding carboxylic acids is 1. The Morgan fingerprint density at radius 3 is 3.00 bits per heavy atom. The fourth-order valence-corrected chi connectivity index (χ4v) is 1.24. The average molecular weight is 260 g/mol. The van der Waals surface area contributed by atoms with Crippen molar-refractivity contribution in [1.29, 1.82) is 0 Å². The van der Waals surface area contributed by atoms with Crippen LogP contribution in [0.3, 0.4) is 0 Å². The molecule has 0 saturated heterocycles. The van der Waals surface area contributed by atoms with E-state index in [0.29, 0.717) is 19.0 Å². The number of nitrogen functional groups attached to an aromatic ring is 1. The Morgan fingerprint density at radius 1 is 1.59 bits per heavy atom. The van der Waals surface area contributed by atoms with E-state index in [1.165, 1.54) is 6.07 Å². The van der Waals surface area contributed by atoms with Crippen LogP contribution in [-0.4, -0.2) is 42.7 Å². The molecule has 0 aromatic carbocycles. The van der Waals surface area contributed by atoms with Crippen molar-refractivity contribution < 1.29 is 9.53 Å². The lowest BCUT2D eigenvalue weighted by molar-refractivity contribution is -0.119. The average Bonchev–Trinajstić information content (AvgIpc) is 2.25. The lowest BCUT2D eigenvalue weighted by Crippen LogP contribution is -2.32. The lowest BCUT2D eigenvalue weighted by Gasteiger charge is -2.07. The van der Waals surface area contributed by atoms with Crippen LogP contribution in [0.15, 0.2) is 6.07 Å². The largest absolute Gasteiger partial charge is 0.383 e. The van der Waals surface area contributed by atoms with E-state index in [0.717, 1.165) is 0 Å². The summed E-state index contributed by atoms with van der Waals surface area (Å²) in [6.45, 7) is 1.01. The standard InChI is InChI=1S/C9H14ClN5O2/c1-17-3-2-12-8(16)5-13-7-4-6(10)14-9(11)15-7/h4H,2-3,5H2,1H3,(H,12,16)(H3,11,13,14,15). The highest BCUT2D eigenvalue weighted by Crippen LogP contribution is 2.11. The van der Waals surface area contributed by atoms with E-state index in [1.807, 2.05) is 0 Å². The molecule has 0 atom stereocenters. The first kappa shape index (κ1) is 13.5. The van der Waals surface area contributed by atoms with Crippen LogP contribution in [0.5, 0.6) is 0 Å². The summed E-state index contributed by atoms with van der Waals surface area (Å²) in [5.41, 5.74) is 5.40. The van der Waals surface area contributed by atoms with Crippen LogP contribution in [0.25, 0.3) is 0 Å². The highest BCUT2D eigenvalue weighted by Gasteiger charge is 2.03. The fraction of sp³-hybridized carbons (Fsp3) is 0.444. The van der Waals surface area contributed by atoms with Gasteiger partial charge in [-0.25, -0.2) is 4.98 Å². The van der Waals surface area contributed by atoms with E-state index in [-0.39, 0.29) is 23.6 Å². The Kier molecular flexibility index (Phi) is 5.44. The van der Waals surface area contributed by atoms with Gasteiger partial charge in [-0.05, 0) is 0 Å². The van der Waals surface area contributed by atoms with Gasteiger partial charge in [0.15, 0.2) is 0 Å². The van der Waals surface area contributed by atoms with Gasteiger partial charge in [-0.15, -0.1) is 0 Å². The number of aromatic nitrogens is 2. The summed E-state index contributed by atoms with van der Waals surface area (Å²) in [5.74, 6) is 0.291. The first-order chi connectivity index (χ1) is 8.11. The Balaban J connectivity index is 2.36. The van der Waals surface area contributed by atoms with Gasteiger partial charge in [0.1, 0.15) is 11.0 Å². The second kappa shape index (κ2) is 6.87. The number of nitrogens with one attached hydrogen (secondary N) is 2. The number of rotatable bonds is 6. The molecule has 0 aliphatic heterocycles. The molecule has 17 heavy (non-hydrogen) atoms. The molecule has 1 heterocycles. The minimum Gasteiger partial charge on any atom is -0.383 e. The number of hydrogen-bond acceptors (Lipinski definition) is 6. The quantitative estimate of drug-likeness (QED) is 0.487. The summed E-state index contributed by atoms with van der Waals surface area (Å²) in [7, 11) is 1.57. The maximum atomic E-state index is 11.3. The van der Waals surface area contributed by atoms with Gasteiger partial charge in [-0.2, -0.15) is 4.98 Å². The number of methoxy groups -OCH3 is 1. The summed E-state index contributed by atoms with van der Waals surface area (Å²) in [4.78, 5) is 18.9. The summed E-state index contributed by atoms with van der Waals surface area (Å²) in [6, 6.07) is 1.49. The molecule has 0 aliphatic carbocycles. The molecule has 0 radical (unpaired) electrons. The topological polar surface area (TPSA) is 102 Å². The van der Waals surface area contributed by atoms with Crippen LogP contribution < -0.4 is 16.4 Å². The highest BCUT2D eigenvalue weighted by atomic mass is 35.5. The van der Waals surface area contributed by atoms with Crippen molar-refractivity contribution >= 4 is 29.3 Å². The van der Waals surface area contributed by atoms with E-state index >= 15 is 0 Å². The summed E-state index contributed by atoms with van der Waals surface area (Å²) < 4.78 is 4.80. The molecule has 94 valence electrons. The van der Waals surface area contributed by atoms with E-state index < -0.39 is 0 Å². The third-order valence-corrected chi connectivity index (χ3v) is 1.96. The molecule has 1 aromatic rings. The maximum Gasteiger partial charge on any atom is 0.239 e. The molecule has 1 amide bonds. The predicted octanol–water partition coefficient (Wildman–Crippen LogP) is -0.113. The van der Waals surface area contributed by atoms with E-state index in [2.05, 4.69) is 20.6 Å². The molecule has 0 saturated carbocycles. The van der Waals surface area contributed by atoms with Gasteiger partial charge in [0.05, 0.1) is 13.2 Å². The van der Waals surface area contributed by atoms with Gasteiger partial charge < -0.3 is 21.1 Å². The molecular formula is C9H14ClN5O2. The van der Waals surface area contributed by atoms with Crippen LogP contribution in [-0.2, 0) is 9.53 Å². The zero-order valence-electron chi connectivity index (χ0n) is 9.36. The lowest BCUT2D eigenvalue weighted by atomic mass is 10.5. The number of anilines is 2. The van der Waals surface area contributed by atoms with Gasteiger partial charge in [-0.1, -0.05) is 11.6 Å². The zero-order chi connectivity index (χ0) is 12.7. The molecule has 4 N–H and O–H groups in total. The molecule has 0 unspecified atom stereocenters. The highest BCUT2D eigenvalue weighted by molar-refractivity contribution is 6.29. The molecule has 7 nitrogen and oxygen atoms in total. The predicted molar refractivity (Wildman–Crippen MR) is 64.8 cm³/mol. The molecule has 0 aliphatic rings. The smallest absolute Gasteiger partial charge is 0.239 e. The number of nitrogens with two attached hydrogens (primary N) is 1. The van der Waals surface area contributed by atoms with Crippen molar-refractivity contribution in [2.24, 2.45) is 0 Å². The number of amides is 1. The second-order valence-corrected chi connectivity index (χ2v) is 3.52. The Hall–Kier alpha value is -1.60. The van der Waals surface area contributed by atoms with Crippen LogP contribution in [0.2, 0.25) is 5.15 Å². The van der Waals surface area contributed by atoms with Gasteiger partial charge in [0.2, 0.25) is 11.9 Å². The minimum absolute atomic E-state index is 0.0554. The monoisotopic (exact) mass is 259 g/mol. The molecule has 0 fully saturated rings. The van der Waals surface area contributed by atoms with Gasteiger partial charge in [0, 0.05) is 19.7 Å². The number of carbonyl (C=O) groups is 1. The first-order valence-corrected chi connectivity index (χ1v) is 5.29. The third-order valence-electron chi connectivity index (χ3n) is 1.77. The Morgan fingerprint density at radius 2 is 2.35 bits per heavy atom. The molecule has 1 aromatic heterocycles. The summed E-state index contributed by atoms with van der Waals surface area (Å²) in [5, 5.41) is 5.66. The third kappa shape index (κ3) is 5.32. The van der Waals surface area contributed by atoms with E-state index in [4.69, 9.17) is 22.1 Å². The van der Waals surface area contributed by atoms with Crippen LogP contribution >= 0.6 is 11.6 Å². The summed E-state index contributed by atoms with van der Waals surface area (Å²) >= 11 is 5.68. The van der Waals surface area contributed by atoms with Crippen LogP contribution in [0, 0.1) is 0 Å². The SMILES string of the molecule is COCCNC(=O)CNc1cc(Cl)nc(N)n1. The number of ether oxygens (including phenoxy) is 1. The number of hydrogen-bond donors (Lipinski definition) is 3. The van der Waals surface area contributed by atoms with E-state index in [9.17, 15) is 4.79 Å². The summed E-state index contributed by atoms with van der Waals surface area (Å²) in [6.07, 6.45) is 0. The van der Waals surface area contributed by atoms with Crippen molar-refractivity contribution in [1.82, 2.24) is 15.3 Å². The van der Waals surface area contributed by atoms with Gasteiger partial charge in [-0.3, -0.25) is 4.79 Å². The molecule has 0 bridgehead atoms. The number of halogens is 1. The molecular weight excluding hydrogens is 246 g/mol. The van der Waals surface area contributed by atoms with Crippen molar-refractivity contribution in [3.8, 4) is 0 Å². The second-order valence-electron chi connectivity index (χ2n) is 3.13. The molecule has 0 spiro atoms. The van der Waals surface area contributed by atoms with Crippen LogP contribution in [0.1, 0.15) is 0 Å². The molecule has 1 rings (SSSR count). The van der Waals surface area contributed by atoms with Gasteiger partial charge >= 0.3 is 0 Å². The number of nitrogens with zero attached hydrogens (tertiary/aromatic N) is 2. The Labute approximate surface area is 104 Å². The Bertz CT molecular complexity index is 367. The van der Waals surface area contributed by atoms with Crippen LogP contribution in [0.4, 0.5) is 11.8 Å². The van der Waals surface area contributed by atoms with Crippen molar-refractivity contribution in [3.05, 3.63) is 11.2 Å². The molecule has 8 heteroatoms. The van der Waals surface area contributed by atoms with Crippen molar-refractivity contribution in [3.63, 3.8) is 0 Å². The normalized spacial score (nSPS) is 10.0. The van der Waals surface area contributed by atoms with Gasteiger partial charge in [0.25, 0.3) is 0 Å². The zero-order valence-corrected chi connectivity index (χ0v) is 10.1. The maximum absolute atomic E-state index is 11.3. The van der Waals surface area contributed by atoms with Crippen molar-refractivity contribution in [2.75, 3.05) is 37.9 Å². The minimum atomic E-state index is -0.171. The van der Waals surface area contributed by atoms with E-state index in [1.54, 1.807) is 7.11 Å².